The molecule has 0 saturated heterocycles. The Morgan fingerprint density at radius 1 is 1.35 bits per heavy atom. The van der Waals surface area contributed by atoms with Gasteiger partial charge in [0.1, 0.15) is 5.82 Å². The van der Waals surface area contributed by atoms with Gasteiger partial charge in [-0.05, 0) is 40.5 Å². The number of nitrogens with zero attached hydrogens (tertiary/aromatic N) is 1. The summed E-state index contributed by atoms with van der Waals surface area (Å²) in [5.74, 6) is -2.05. The Kier molecular flexibility index (Phi) is 7.67. The molecule has 1 aromatic carbocycles. The Bertz CT molecular complexity index is 595. The number of ether oxygens (including phenoxy) is 1. The van der Waals surface area contributed by atoms with Gasteiger partial charge in [0.25, 0.3) is 5.91 Å². The van der Waals surface area contributed by atoms with Crippen molar-refractivity contribution < 1.29 is 23.5 Å². The van der Waals surface area contributed by atoms with E-state index in [0.29, 0.717) is 6.54 Å². The van der Waals surface area contributed by atoms with E-state index in [2.05, 4.69) is 21.2 Å². The molecule has 8 heteroatoms. The molecule has 0 aromatic heterocycles. The Morgan fingerprint density at radius 3 is 2.65 bits per heavy atom. The first-order valence-electron chi connectivity index (χ1n) is 6.98. The molecule has 0 atom stereocenters. The second-order valence-electron chi connectivity index (χ2n) is 4.80. The van der Waals surface area contributed by atoms with Crippen LogP contribution in [0.1, 0.15) is 23.7 Å². The first-order valence-corrected chi connectivity index (χ1v) is 7.77. The molecular formula is C15H18BrFN2O4. The van der Waals surface area contributed by atoms with Crippen LogP contribution in [0.5, 0.6) is 0 Å². The number of hydrogen-bond donors (Lipinski definition) is 1. The summed E-state index contributed by atoms with van der Waals surface area (Å²) in [6, 6.07) is 3.50. The molecule has 0 saturated carbocycles. The van der Waals surface area contributed by atoms with Crippen LogP contribution in [0.25, 0.3) is 0 Å². The zero-order valence-corrected chi connectivity index (χ0v) is 14.5. The van der Waals surface area contributed by atoms with Gasteiger partial charge in [0.2, 0.25) is 5.91 Å². The maximum Gasteiger partial charge on any atom is 0.339 e. The third kappa shape index (κ3) is 6.35. The SMILES string of the molecule is CCCNC(=O)CN(C)C(=O)COC(=O)c1ccc(F)cc1Br. The molecule has 0 spiro atoms. The van der Waals surface area contributed by atoms with Crippen LogP contribution >= 0.6 is 15.9 Å². The van der Waals surface area contributed by atoms with Gasteiger partial charge in [-0.15, -0.1) is 0 Å². The molecule has 0 unspecified atom stereocenters. The highest BCUT2D eigenvalue weighted by Crippen LogP contribution is 2.18. The van der Waals surface area contributed by atoms with Crippen LogP contribution in [-0.4, -0.2) is 49.4 Å². The lowest BCUT2D eigenvalue weighted by atomic mass is 10.2. The number of benzene rings is 1. The van der Waals surface area contributed by atoms with E-state index < -0.39 is 24.3 Å². The molecule has 0 bridgehead atoms. The topological polar surface area (TPSA) is 75.7 Å². The van der Waals surface area contributed by atoms with Crippen LogP contribution in [0.15, 0.2) is 22.7 Å². The fraction of sp³-hybridized carbons (Fsp3) is 0.400. The Hall–Kier alpha value is -1.96. The maximum absolute atomic E-state index is 13.0. The van der Waals surface area contributed by atoms with Crippen LogP contribution in [-0.2, 0) is 14.3 Å². The van der Waals surface area contributed by atoms with Crippen LogP contribution in [0.2, 0.25) is 0 Å². The average Bonchev–Trinajstić information content (AvgIpc) is 2.50. The van der Waals surface area contributed by atoms with Gasteiger partial charge < -0.3 is 15.0 Å². The van der Waals surface area contributed by atoms with Crippen molar-refractivity contribution in [1.82, 2.24) is 10.2 Å². The van der Waals surface area contributed by atoms with E-state index in [0.717, 1.165) is 23.5 Å². The van der Waals surface area contributed by atoms with E-state index in [1.807, 2.05) is 6.92 Å². The molecule has 2 amide bonds. The van der Waals surface area contributed by atoms with E-state index in [4.69, 9.17) is 4.74 Å². The van der Waals surface area contributed by atoms with Crippen LogP contribution < -0.4 is 5.32 Å². The number of esters is 1. The molecular weight excluding hydrogens is 371 g/mol. The van der Waals surface area contributed by atoms with Gasteiger partial charge in [0, 0.05) is 18.1 Å². The number of nitrogens with one attached hydrogen (secondary N) is 1. The van der Waals surface area contributed by atoms with Gasteiger partial charge in [-0.25, -0.2) is 9.18 Å². The summed E-state index contributed by atoms with van der Waals surface area (Å²) in [5.41, 5.74) is 0.113. The Balaban J connectivity index is 2.48. The lowest BCUT2D eigenvalue weighted by Gasteiger charge is -2.16. The zero-order valence-electron chi connectivity index (χ0n) is 12.9. The van der Waals surface area contributed by atoms with Crippen molar-refractivity contribution in [2.24, 2.45) is 0 Å². The van der Waals surface area contributed by atoms with Crippen LogP contribution in [0.3, 0.4) is 0 Å². The Labute approximate surface area is 142 Å². The molecule has 0 aliphatic heterocycles. The smallest absolute Gasteiger partial charge is 0.339 e. The third-order valence-corrected chi connectivity index (χ3v) is 3.51. The zero-order chi connectivity index (χ0) is 17.4. The molecule has 126 valence electrons. The molecule has 0 aliphatic rings. The molecule has 0 fully saturated rings. The number of carbonyl (C=O) groups is 3. The molecule has 23 heavy (non-hydrogen) atoms. The lowest BCUT2D eigenvalue weighted by Crippen LogP contribution is -2.40. The van der Waals surface area contributed by atoms with Crippen molar-refractivity contribution in [3.05, 3.63) is 34.1 Å². The van der Waals surface area contributed by atoms with Crippen LogP contribution in [0.4, 0.5) is 4.39 Å². The fourth-order valence-corrected chi connectivity index (χ4v) is 2.11. The van der Waals surface area contributed by atoms with E-state index in [-0.39, 0.29) is 22.5 Å². The fourth-order valence-electron chi connectivity index (χ4n) is 1.59. The van der Waals surface area contributed by atoms with Crippen molar-refractivity contribution >= 4 is 33.7 Å². The van der Waals surface area contributed by atoms with Crippen molar-refractivity contribution in [1.29, 1.82) is 0 Å². The number of hydrogen-bond acceptors (Lipinski definition) is 4. The standard InChI is InChI=1S/C15H18BrFN2O4/c1-3-6-18-13(20)8-19(2)14(21)9-23-15(22)11-5-4-10(17)7-12(11)16/h4-5,7H,3,6,8-9H2,1-2H3,(H,18,20). The Morgan fingerprint density at radius 2 is 2.04 bits per heavy atom. The summed E-state index contributed by atoms with van der Waals surface area (Å²) in [4.78, 5) is 36.3. The number of amides is 2. The van der Waals surface area contributed by atoms with Gasteiger partial charge >= 0.3 is 5.97 Å². The largest absolute Gasteiger partial charge is 0.452 e. The normalized spacial score (nSPS) is 10.1. The third-order valence-electron chi connectivity index (χ3n) is 2.86. The summed E-state index contributed by atoms with van der Waals surface area (Å²) in [5, 5.41) is 2.64. The van der Waals surface area contributed by atoms with E-state index >= 15 is 0 Å². The monoisotopic (exact) mass is 388 g/mol. The molecule has 1 N–H and O–H groups in total. The summed E-state index contributed by atoms with van der Waals surface area (Å²) in [6.45, 7) is 1.84. The van der Waals surface area contributed by atoms with Gasteiger partial charge in [0.05, 0.1) is 12.1 Å². The predicted octanol–water partition coefficient (Wildman–Crippen LogP) is 1.73. The van der Waals surface area contributed by atoms with Crippen molar-refractivity contribution in [2.45, 2.75) is 13.3 Å². The molecule has 1 rings (SSSR count). The van der Waals surface area contributed by atoms with Crippen molar-refractivity contribution in [3.8, 4) is 0 Å². The average molecular weight is 389 g/mol. The minimum atomic E-state index is -0.756. The predicted molar refractivity (Wildman–Crippen MR) is 85.3 cm³/mol. The van der Waals surface area contributed by atoms with Gasteiger partial charge in [0.15, 0.2) is 6.61 Å². The van der Waals surface area contributed by atoms with Gasteiger partial charge in [-0.3, -0.25) is 9.59 Å². The van der Waals surface area contributed by atoms with Crippen LogP contribution in [0, 0.1) is 5.82 Å². The van der Waals surface area contributed by atoms with Crippen molar-refractivity contribution in [3.63, 3.8) is 0 Å². The molecule has 0 radical (unpaired) electrons. The first-order chi connectivity index (χ1) is 10.8. The minimum absolute atomic E-state index is 0.113. The number of halogens is 2. The lowest BCUT2D eigenvalue weighted by molar-refractivity contribution is -0.137. The minimum Gasteiger partial charge on any atom is -0.452 e. The highest BCUT2D eigenvalue weighted by atomic mass is 79.9. The number of rotatable bonds is 7. The quantitative estimate of drug-likeness (QED) is 0.721. The molecule has 6 nitrogen and oxygen atoms in total. The van der Waals surface area contributed by atoms with E-state index in [9.17, 15) is 18.8 Å². The summed E-state index contributed by atoms with van der Waals surface area (Å²) < 4.78 is 18.1. The number of likely N-dealkylation sites (N-methyl/N-ethyl adjacent to an activating group) is 1. The highest BCUT2D eigenvalue weighted by Gasteiger charge is 2.17. The van der Waals surface area contributed by atoms with Gasteiger partial charge in [-0.2, -0.15) is 0 Å². The second kappa shape index (κ2) is 9.24. The second-order valence-corrected chi connectivity index (χ2v) is 5.65. The summed E-state index contributed by atoms with van der Waals surface area (Å²) >= 11 is 3.05. The molecule has 0 heterocycles. The first kappa shape index (κ1) is 19.1. The van der Waals surface area contributed by atoms with E-state index in [1.165, 1.54) is 13.1 Å². The molecule has 0 aliphatic carbocycles. The highest BCUT2D eigenvalue weighted by molar-refractivity contribution is 9.10. The van der Waals surface area contributed by atoms with E-state index in [1.54, 1.807) is 0 Å². The summed E-state index contributed by atoms with van der Waals surface area (Å²) in [7, 11) is 1.44. The molecule has 1 aromatic rings. The maximum atomic E-state index is 13.0. The number of carbonyl (C=O) groups excluding carboxylic acids is 3. The van der Waals surface area contributed by atoms with Crippen molar-refractivity contribution in [2.75, 3.05) is 26.7 Å². The summed E-state index contributed by atoms with van der Waals surface area (Å²) in [6.07, 6.45) is 0.799. The van der Waals surface area contributed by atoms with Gasteiger partial charge in [-0.1, -0.05) is 6.92 Å².